The number of ketones is 1. The number of benzene rings is 1. The monoisotopic (exact) mass is 316 g/mol. The predicted molar refractivity (Wildman–Crippen MR) is 83.4 cm³/mol. The molecule has 1 aliphatic heterocycles. The van der Waals surface area contributed by atoms with Gasteiger partial charge in [-0.3, -0.25) is 25.0 Å². The van der Waals surface area contributed by atoms with Crippen molar-refractivity contribution in [3.8, 4) is 0 Å². The number of nitrogens with one attached hydrogen (secondary N) is 2. The Kier molecular flexibility index (Phi) is 4.63. The normalized spacial score (nSPS) is 17.4. The number of hydrogen-bond donors (Lipinski definition) is 2. The SMILES string of the molecule is CC(C)(C)C(=O)C[C@@H](c1ccccc1)C1C(=O)NC(=O)NC1=O. The van der Waals surface area contributed by atoms with Crippen molar-refractivity contribution in [2.45, 2.75) is 33.1 Å². The molecular weight excluding hydrogens is 296 g/mol. The smallest absolute Gasteiger partial charge is 0.299 e. The van der Waals surface area contributed by atoms with E-state index in [0.29, 0.717) is 0 Å². The molecule has 6 heteroatoms. The van der Waals surface area contributed by atoms with Crippen LogP contribution < -0.4 is 10.6 Å². The first-order valence-corrected chi connectivity index (χ1v) is 7.44. The second-order valence-corrected chi connectivity index (χ2v) is 6.68. The summed E-state index contributed by atoms with van der Waals surface area (Å²) in [6, 6.07) is 8.11. The maximum Gasteiger partial charge on any atom is 0.328 e. The molecule has 6 nitrogen and oxygen atoms in total. The topological polar surface area (TPSA) is 92.3 Å². The van der Waals surface area contributed by atoms with Crippen LogP contribution in [-0.4, -0.2) is 23.6 Å². The van der Waals surface area contributed by atoms with Crippen molar-refractivity contribution >= 4 is 23.6 Å². The molecule has 0 saturated carbocycles. The van der Waals surface area contributed by atoms with E-state index in [1.807, 2.05) is 6.07 Å². The quantitative estimate of drug-likeness (QED) is 0.828. The molecule has 0 radical (unpaired) electrons. The van der Waals surface area contributed by atoms with E-state index >= 15 is 0 Å². The summed E-state index contributed by atoms with van der Waals surface area (Å²) in [6.45, 7) is 5.38. The van der Waals surface area contributed by atoms with E-state index in [-0.39, 0.29) is 12.2 Å². The lowest BCUT2D eigenvalue weighted by molar-refractivity contribution is -0.137. The third kappa shape index (κ3) is 3.83. The van der Waals surface area contributed by atoms with Crippen LogP contribution in [0.2, 0.25) is 0 Å². The Morgan fingerprint density at radius 2 is 1.57 bits per heavy atom. The van der Waals surface area contributed by atoms with Gasteiger partial charge in [-0.25, -0.2) is 4.79 Å². The van der Waals surface area contributed by atoms with E-state index in [0.717, 1.165) is 5.56 Å². The molecule has 0 spiro atoms. The van der Waals surface area contributed by atoms with Gasteiger partial charge >= 0.3 is 6.03 Å². The number of Topliss-reactive ketones (excluding diaryl/α,β-unsaturated/α-hetero) is 1. The third-order valence-corrected chi connectivity index (χ3v) is 3.91. The molecular formula is C17H20N2O4. The van der Waals surface area contributed by atoms with Crippen molar-refractivity contribution in [2.24, 2.45) is 11.3 Å². The van der Waals surface area contributed by atoms with Gasteiger partial charge in [0.2, 0.25) is 11.8 Å². The minimum Gasteiger partial charge on any atom is -0.299 e. The van der Waals surface area contributed by atoms with Gasteiger partial charge in [0.25, 0.3) is 0 Å². The second-order valence-electron chi connectivity index (χ2n) is 6.68. The molecule has 1 aromatic carbocycles. The van der Waals surface area contributed by atoms with Crippen LogP contribution in [0, 0.1) is 11.3 Å². The van der Waals surface area contributed by atoms with Crippen molar-refractivity contribution in [2.75, 3.05) is 0 Å². The molecule has 1 heterocycles. The number of urea groups is 1. The van der Waals surface area contributed by atoms with E-state index in [4.69, 9.17) is 0 Å². The van der Waals surface area contributed by atoms with Gasteiger partial charge in [0.15, 0.2) is 0 Å². The summed E-state index contributed by atoms with van der Waals surface area (Å²) in [5.41, 5.74) is 0.138. The van der Waals surface area contributed by atoms with Crippen molar-refractivity contribution in [1.82, 2.24) is 10.6 Å². The minimum atomic E-state index is -1.11. The number of carbonyl (C=O) groups is 4. The fourth-order valence-corrected chi connectivity index (χ4v) is 2.53. The third-order valence-electron chi connectivity index (χ3n) is 3.91. The van der Waals surface area contributed by atoms with Gasteiger partial charge in [-0.1, -0.05) is 51.1 Å². The van der Waals surface area contributed by atoms with E-state index in [1.165, 1.54) is 0 Å². The highest BCUT2D eigenvalue weighted by Gasteiger charge is 2.42. The first-order chi connectivity index (χ1) is 10.7. The van der Waals surface area contributed by atoms with Gasteiger partial charge in [-0.2, -0.15) is 0 Å². The number of imide groups is 2. The van der Waals surface area contributed by atoms with Crippen LogP contribution >= 0.6 is 0 Å². The number of hydrogen-bond acceptors (Lipinski definition) is 4. The molecule has 0 aliphatic carbocycles. The molecule has 1 saturated heterocycles. The zero-order valence-corrected chi connectivity index (χ0v) is 13.4. The van der Waals surface area contributed by atoms with Crippen LogP contribution in [0.15, 0.2) is 30.3 Å². The Hall–Kier alpha value is -2.50. The standard InChI is InChI=1S/C17H20N2O4/c1-17(2,3)12(20)9-11(10-7-5-4-6-8-10)13-14(21)18-16(23)19-15(13)22/h4-8,11,13H,9H2,1-3H3,(H2,18,19,21,22,23)/t11-/m0/s1. The summed E-state index contributed by atoms with van der Waals surface area (Å²) in [5, 5.41) is 4.20. The molecule has 1 aromatic rings. The van der Waals surface area contributed by atoms with Gasteiger partial charge in [-0.15, -0.1) is 0 Å². The van der Waals surface area contributed by atoms with Gasteiger partial charge in [-0.05, 0) is 5.56 Å². The molecule has 1 atom stereocenters. The summed E-state index contributed by atoms with van der Waals surface area (Å²) in [5.74, 6) is -3.12. The molecule has 2 rings (SSSR count). The summed E-state index contributed by atoms with van der Waals surface area (Å²) in [4.78, 5) is 48.0. The lowest BCUT2D eigenvalue weighted by Crippen LogP contribution is -2.57. The molecule has 122 valence electrons. The summed E-state index contributed by atoms with van der Waals surface area (Å²) < 4.78 is 0. The molecule has 1 fully saturated rings. The van der Waals surface area contributed by atoms with Crippen LogP contribution in [0.5, 0.6) is 0 Å². The summed E-state index contributed by atoms with van der Waals surface area (Å²) >= 11 is 0. The molecule has 0 bridgehead atoms. The van der Waals surface area contributed by atoms with Gasteiger partial charge in [0.05, 0.1) is 0 Å². The Labute approximate surface area is 134 Å². The number of carbonyl (C=O) groups excluding carboxylic acids is 4. The molecule has 2 N–H and O–H groups in total. The highest BCUT2D eigenvalue weighted by Crippen LogP contribution is 2.33. The maximum absolute atomic E-state index is 12.4. The van der Waals surface area contributed by atoms with E-state index in [1.54, 1.807) is 45.0 Å². The lowest BCUT2D eigenvalue weighted by atomic mass is 9.76. The Morgan fingerprint density at radius 3 is 2.04 bits per heavy atom. The average molecular weight is 316 g/mol. The largest absolute Gasteiger partial charge is 0.328 e. The highest BCUT2D eigenvalue weighted by atomic mass is 16.2. The van der Waals surface area contributed by atoms with Gasteiger partial charge in [0.1, 0.15) is 11.7 Å². The summed E-state index contributed by atoms with van der Waals surface area (Å²) in [7, 11) is 0. The maximum atomic E-state index is 12.4. The van der Waals surface area contributed by atoms with Crippen molar-refractivity contribution < 1.29 is 19.2 Å². The average Bonchev–Trinajstić information content (AvgIpc) is 2.45. The minimum absolute atomic E-state index is 0.0488. The highest BCUT2D eigenvalue weighted by molar-refractivity contribution is 6.16. The van der Waals surface area contributed by atoms with Crippen molar-refractivity contribution in [3.63, 3.8) is 0 Å². The molecule has 1 aliphatic rings. The molecule has 4 amide bonds. The van der Waals surface area contributed by atoms with E-state index in [9.17, 15) is 19.2 Å². The Bertz CT molecular complexity index is 626. The van der Waals surface area contributed by atoms with Gasteiger partial charge in [0, 0.05) is 17.8 Å². The first kappa shape index (κ1) is 16.9. The van der Waals surface area contributed by atoms with E-state index in [2.05, 4.69) is 10.6 Å². The van der Waals surface area contributed by atoms with Crippen LogP contribution in [0.1, 0.15) is 38.7 Å². The van der Waals surface area contributed by atoms with Gasteiger partial charge < -0.3 is 0 Å². The number of barbiturate groups is 1. The predicted octanol–water partition coefficient (Wildman–Crippen LogP) is 1.76. The van der Waals surface area contributed by atoms with Crippen LogP contribution in [0.25, 0.3) is 0 Å². The Balaban J connectivity index is 2.38. The van der Waals surface area contributed by atoms with Crippen LogP contribution in [0.4, 0.5) is 4.79 Å². The lowest BCUT2D eigenvalue weighted by Gasteiger charge is -2.30. The fourth-order valence-electron chi connectivity index (χ4n) is 2.53. The summed E-state index contributed by atoms with van der Waals surface area (Å²) in [6.07, 6.45) is 0.0488. The fraction of sp³-hybridized carbons (Fsp3) is 0.412. The first-order valence-electron chi connectivity index (χ1n) is 7.44. The Morgan fingerprint density at radius 1 is 1.04 bits per heavy atom. The zero-order chi connectivity index (χ0) is 17.2. The van der Waals surface area contributed by atoms with Crippen molar-refractivity contribution in [1.29, 1.82) is 0 Å². The second kappa shape index (κ2) is 6.32. The van der Waals surface area contributed by atoms with E-state index < -0.39 is 35.1 Å². The molecule has 23 heavy (non-hydrogen) atoms. The number of amides is 4. The van der Waals surface area contributed by atoms with Crippen LogP contribution in [0.3, 0.4) is 0 Å². The van der Waals surface area contributed by atoms with Crippen LogP contribution in [-0.2, 0) is 14.4 Å². The zero-order valence-electron chi connectivity index (χ0n) is 13.4. The molecule has 0 unspecified atom stereocenters. The van der Waals surface area contributed by atoms with Crippen molar-refractivity contribution in [3.05, 3.63) is 35.9 Å². The molecule has 0 aromatic heterocycles. The number of rotatable bonds is 4.